The summed E-state index contributed by atoms with van der Waals surface area (Å²) in [6, 6.07) is 12.1. The third-order valence-electron chi connectivity index (χ3n) is 5.36. The molecule has 1 amide bonds. The van der Waals surface area contributed by atoms with Crippen molar-refractivity contribution in [2.45, 2.75) is 22.5 Å². The maximum absolute atomic E-state index is 13.2. The molecule has 10 nitrogen and oxygen atoms in total. The van der Waals surface area contributed by atoms with Gasteiger partial charge in [-0.15, -0.1) is 0 Å². The van der Waals surface area contributed by atoms with Crippen molar-refractivity contribution in [1.82, 2.24) is 5.48 Å². The van der Waals surface area contributed by atoms with Gasteiger partial charge in [-0.3, -0.25) is 10.0 Å². The SMILES string of the molecule is COC(=O)c1ccc(OCCOc2ccc(S(=O)(=O)C3(C(=O)NO)CCOCC3)cc2)cc1. The van der Waals surface area contributed by atoms with Crippen LogP contribution in [0.5, 0.6) is 11.5 Å². The normalized spacial score (nSPS) is 15.3. The van der Waals surface area contributed by atoms with Crippen LogP contribution in [-0.4, -0.2) is 63.8 Å². The van der Waals surface area contributed by atoms with Crippen molar-refractivity contribution in [2.24, 2.45) is 0 Å². The molecular weight excluding hydrogens is 454 g/mol. The van der Waals surface area contributed by atoms with E-state index in [0.29, 0.717) is 17.1 Å². The molecule has 1 heterocycles. The Morgan fingerprint density at radius 1 is 0.970 bits per heavy atom. The van der Waals surface area contributed by atoms with Gasteiger partial charge in [0.25, 0.3) is 5.91 Å². The minimum Gasteiger partial charge on any atom is -0.490 e. The summed E-state index contributed by atoms with van der Waals surface area (Å²) in [5, 5.41) is 9.10. The van der Waals surface area contributed by atoms with E-state index in [1.807, 2.05) is 0 Å². The molecule has 3 rings (SSSR count). The van der Waals surface area contributed by atoms with Crippen LogP contribution < -0.4 is 15.0 Å². The number of methoxy groups -OCH3 is 1. The molecule has 1 saturated heterocycles. The molecule has 0 aromatic heterocycles. The zero-order chi connectivity index (χ0) is 23.9. The molecule has 2 aromatic rings. The number of hydrogen-bond acceptors (Lipinski definition) is 9. The van der Waals surface area contributed by atoms with E-state index in [0.717, 1.165) is 0 Å². The summed E-state index contributed by atoms with van der Waals surface area (Å²) in [4.78, 5) is 23.7. The van der Waals surface area contributed by atoms with Gasteiger partial charge in [0.1, 0.15) is 24.7 Å². The molecule has 1 fully saturated rings. The van der Waals surface area contributed by atoms with Crippen LogP contribution in [0.4, 0.5) is 0 Å². The highest BCUT2D eigenvalue weighted by atomic mass is 32.2. The fourth-order valence-electron chi connectivity index (χ4n) is 3.49. The van der Waals surface area contributed by atoms with Crippen LogP contribution in [0.1, 0.15) is 23.2 Å². The van der Waals surface area contributed by atoms with Crippen LogP contribution in [-0.2, 0) is 24.1 Å². The second kappa shape index (κ2) is 10.6. The van der Waals surface area contributed by atoms with Crippen LogP contribution in [0.3, 0.4) is 0 Å². The quantitative estimate of drug-likeness (QED) is 0.238. The molecule has 33 heavy (non-hydrogen) atoms. The minimum absolute atomic E-state index is 0.0534. The second-order valence-electron chi connectivity index (χ2n) is 7.24. The van der Waals surface area contributed by atoms with Crippen molar-refractivity contribution < 1.29 is 42.2 Å². The van der Waals surface area contributed by atoms with Gasteiger partial charge in [-0.05, 0) is 61.4 Å². The van der Waals surface area contributed by atoms with E-state index in [9.17, 15) is 18.0 Å². The predicted octanol–water partition coefficient (Wildman–Crippen LogP) is 1.76. The fourth-order valence-corrected chi connectivity index (χ4v) is 5.42. The number of amides is 1. The summed E-state index contributed by atoms with van der Waals surface area (Å²) in [5.74, 6) is -0.430. The summed E-state index contributed by atoms with van der Waals surface area (Å²) in [6.07, 6.45) is -0.115. The van der Waals surface area contributed by atoms with Crippen molar-refractivity contribution >= 4 is 21.7 Å². The Labute approximate surface area is 191 Å². The lowest BCUT2D eigenvalue weighted by atomic mass is 9.98. The van der Waals surface area contributed by atoms with Crippen molar-refractivity contribution in [3.8, 4) is 11.5 Å². The number of nitrogens with one attached hydrogen (secondary N) is 1. The van der Waals surface area contributed by atoms with E-state index >= 15 is 0 Å². The summed E-state index contributed by atoms with van der Waals surface area (Å²) in [5.41, 5.74) is 1.90. The van der Waals surface area contributed by atoms with Crippen molar-refractivity contribution in [3.63, 3.8) is 0 Å². The van der Waals surface area contributed by atoms with Crippen LogP contribution >= 0.6 is 0 Å². The Morgan fingerprint density at radius 3 is 1.97 bits per heavy atom. The molecule has 1 aliphatic heterocycles. The van der Waals surface area contributed by atoms with Gasteiger partial charge < -0.3 is 18.9 Å². The number of esters is 1. The zero-order valence-corrected chi connectivity index (χ0v) is 18.8. The first-order valence-electron chi connectivity index (χ1n) is 10.1. The van der Waals surface area contributed by atoms with E-state index in [1.165, 1.54) is 36.9 Å². The van der Waals surface area contributed by atoms with E-state index in [4.69, 9.17) is 19.4 Å². The van der Waals surface area contributed by atoms with E-state index in [1.54, 1.807) is 24.3 Å². The maximum atomic E-state index is 13.2. The number of carbonyl (C=O) groups is 2. The van der Waals surface area contributed by atoms with Crippen molar-refractivity contribution in [2.75, 3.05) is 33.5 Å². The van der Waals surface area contributed by atoms with Gasteiger partial charge >= 0.3 is 5.97 Å². The maximum Gasteiger partial charge on any atom is 0.337 e. The van der Waals surface area contributed by atoms with Gasteiger partial charge in [0, 0.05) is 13.2 Å². The highest BCUT2D eigenvalue weighted by Gasteiger charge is 2.52. The van der Waals surface area contributed by atoms with Crippen molar-refractivity contribution in [3.05, 3.63) is 54.1 Å². The topological polar surface area (TPSA) is 137 Å². The number of carbonyl (C=O) groups excluding carboxylic acids is 2. The van der Waals surface area contributed by atoms with Crippen molar-refractivity contribution in [1.29, 1.82) is 0 Å². The van der Waals surface area contributed by atoms with Gasteiger partial charge in [0.15, 0.2) is 14.6 Å². The Morgan fingerprint density at radius 2 is 1.48 bits per heavy atom. The molecule has 0 bridgehead atoms. The monoisotopic (exact) mass is 479 g/mol. The highest BCUT2D eigenvalue weighted by Crippen LogP contribution is 2.35. The largest absolute Gasteiger partial charge is 0.490 e. The van der Waals surface area contributed by atoms with E-state index < -0.39 is 26.5 Å². The van der Waals surface area contributed by atoms with Crippen LogP contribution in [0.15, 0.2) is 53.4 Å². The number of benzene rings is 2. The zero-order valence-electron chi connectivity index (χ0n) is 18.0. The second-order valence-corrected chi connectivity index (χ2v) is 9.50. The number of hydroxylamine groups is 1. The standard InChI is InChI=1S/C22H25NO9S/c1-29-20(24)16-2-4-17(5-3-16)31-14-15-32-18-6-8-19(9-7-18)33(27,28)22(21(25)23-26)10-12-30-13-11-22/h2-9,26H,10-15H2,1H3,(H,23,25). The number of rotatable bonds is 9. The van der Waals surface area contributed by atoms with Crippen LogP contribution in [0.2, 0.25) is 0 Å². The Hall–Kier alpha value is -3.15. The fraction of sp³-hybridized carbons (Fsp3) is 0.364. The van der Waals surface area contributed by atoms with Gasteiger partial charge in [0.05, 0.1) is 17.6 Å². The van der Waals surface area contributed by atoms with Gasteiger partial charge in [-0.2, -0.15) is 0 Å². The summed E-state index contributed by atoms with van der Waals surface area (Å²) < 4.78 is 45.6. The lowest BCUT2D eigenvalue weighted by molar-refractivity contribution is -0.134. The lowest BCUT2D eigenvalue weighted by Gasteiger charge is -2.34. The molecule has 0 radical (unpaired) electrons. The number of hydrogen-bond donors (Lipinski definition) is 2. The Balaban J connectivity index is 1.58. The third kappa shape index (κ3) is 5.27. The molecule has 1 aliphatic rings. The van der Waals surface area contributed by atoms with E-state index in [2.05, 4.69) is 4.74 Å². The molecule has 2 N–H and O–H groups in total. The predicted molar refractivity (Wildman–Crippen MR) is 115 cm³/mol. The first kappa shape index (κ1) is 24.5. The number of sulfone groups is 1. The van der Waals surface area contributed by atoms with Crippen LogP contribution in [0, 0.1) is 0 Å². The van der Waals surface area contributed by atoms with Gasteiger partial charge in [0.2, 0.25) is 0 Å². The molecular formula is C22H25NO9S. The average Bonchev–Trinajstić information content (AvgIpc) is 2.86. The average molecular weight is 480 g/mol. The summed E-state index contributed by atoms with van der Waals surface area (Å²) in [7, 11) is -2.78. The Bertz CT molecular complexity index is 1060. The first-order valence-corrected chi connectivity index (χ1v) is 11.6. The molecule has 0 atom stereocenters. The lowest BCUT2D eigenvalue weighted by Crippen LogP contribution is -2.54. The van der Waals surface area contributed by atoms with Gasteiger partial charge in [-0.25, -0.2) is 18.7 Å². The van der Waals surface area contributed by atoms with Gasteiger partial charge in [-0.1, -0.05) is 0 Å². The molecule has 178 valence electrons. The molecule has 0 unspecified atom stereocenters. The van der Waals surface area contributed by atoms with Crippen LogP contribution in [0.25, 0.3) is 0 Å². The van der Waals surface area contributed by atoms with E-state index in [-0.39, 0.29) is 44.2 Å². The minimum atomic E-state index is -4.09. The Kier molecular flexibility index (Phi) is 7.90. The molecule has 2 aromatic carbocycles. The third-order valence-corrected chi connectivity index (χ3v) is 7.88. The highest BCUT2D eigenvalue weighted by molar-refractivity contribution is 7.93. The molecule has 0 spiro atoms. The number of ether oxygens (including phenoxy) is 4. The first-order chi connectivity index (χ1) is 15.8. The summed E-state index contributed by atoms with van der Waals surface area (Å²) >= 11 is 0. The molecule has 0 saturated carbocycles. The summed E-state index contributed by atoms with van der Waals surface area (Å²) in [6.45, 7) is 0.606. The molecule has 11 heteroatoms. The molecule has 0 aliphatic carbocycles. The smallest absolute Gasteiger partial charge is 0.337 e.